The first-order valence-electron chi connectivity index (χ1n) is 11.1. The zero-order valence-electron chi connectivity index (χ0n) is 19.7. The molecule has 35 heavy (non-hydrogen) atoms. The van der Waals surface area contributed by atoms with Crippen LogP contribution in [0.15, 0.2) is 54.6 Å². The SMILES string of the molecule is COc1cc(C(=O)Nc2ccc(N3CCn4c(nc5cccc(Cl)c54)C3)cc2)cc(OC)c1OC. The summed E-state index contributed by atoms with van der Waals surface area (Å²) in [5.74, 6) is 1.99. The average molecular weight is 493 g/mol. The van der Waals surface area contributed by atoms with Gasteiger partial charge in [-0.2, -0.15) is 0 Å². The van der Waals surface area contributed by atoms with Gasteiger partial charge in [0, 0.05) is 30.0 Å². The molecule has 0 radical (unpaired) electrons. The summed E-state index contributed by atoms with van der Waals surface area (Å²) in [6.45, 7) is 2.32. The Morgan fingerprint density at radius 3 is 2.34 bits per heavy atom. The van der Waals surface area contributed by atoms with Crippen molar-refractivity contribution in [3.05, 3.63) is 71.0 Å². The van der Waals surface area contributed by atoms with Gasteiger partial charge in [-0.25, -0.2) is 4.98 Å². The normalized spacial score (nSPS) is 12.9. The van der Waals surface area contributed by atoms with Crippen LogP contribution in [0, 0.1) is 0 Å². The summed E-state index contributed by atoms with van der Waals surface area (Å²) in [6.07, 6.45) is 0. The number of carbonyl (C=O) groups is 1. The third kappa shape index (κ3) is 4.21. The van der Waals surface area contributed by atoms with Crippen molar-refractivity contribution in [2.45, 2.75) is 13.1 Å². The Balaban J connectivity index is 1.31. The predicted octanol–water partition coefficient (Wildman–Crippen LogP) is 4.99. The molecule has 0 saturated heterocycles. The average Bonchev–Trinajstić information content (AvgIpc) is 3.27. The van der Waals surface area contributed by atoms with E-state index in [1.54, 1.807) is 12.1 Å². The number of aromatic nitrogens is 2. The summed E-state index contributed by atoms with van der Waals surface area (Å²) in [6, 6.07) is 16.8. The Morgan fingerprint density at radius 1 is 0.971 bits per heavy atom. The second-order valence-electron chi connectivity index (χ2n) is 8.12. The number of carbonyl (C=O) groups excluding carboxylic acids is 1. The number of methoxy groups -OCH3 is 3. The van der Waals surface area contributed by atoms with E-state index < -0.39 is 0 Å². The van der Waals surface area contributed by atoms with Crippen molar-refractivity contribution in [1.29, 1.82) is 0 Å². The highest BCUT2D eigenvalue weighted by molar-refractivity contribution is 6.35. The summed E-state index contributed by atoms with van der Waals surface area (Å²) in [5, 5.41) is 3.65. The maximum atomic E-state index is 12.9. The van der Waals surface area contributed by atoms with Crippen molar-refractivity contribution in [3.63, 3.8) is 0 Å². The molecule has 5 rings (SSSR count). The van der Waals surface area contributed by atoms with E-state index in [-0.39, 0.29) is 5.91 Å². The second kappa shape index (κ2) is 9.38. The highest BCUT2D eigenvalue weighted by Crippen LogP contribution is 2.38. The van der Waals surface area contributed by atoms with Gasteiger partial charge in [-0.1, -0.05) is 17.7 Å². The van der Waals surface area contributed by atoms with Gasteiger partial charge in [0.1, 0.15) is 5.82 Å². The van der Waals surface area contributed by atoms with Crippen LogP contribution < -0.4 is 24.4 Å². The third-order valence-corrected chi connectivity index (χ3v) is 6.44. The van der Waals surface area contributed by atoms with E-state index in [2.05, 4.69) is 14.8 Å². The van der Waals surface area contributed by atoms with Crippen LogP contribution >= 0.6 is 11.6 Å². The largest absolute Gasteiger partial charge is 0.493 e. The van der Waals surface area contributed by atoms with Crippen molar-refractivity contribution in [3.8, 4) is 17.2 Å². The highest BCUT2D eigenvalue weighted by Gasteiger charge is 2.22. The zero-order chi connectivity index (χ0) is 24.5. The first-order chi connectivity index (χ1) is 17.0. The summed E-state index contributed by atoms with van der Waals surface area (Å²) >= 11 is 6.41. The Morgan fingerprint density at radius 2 is 1.69 bits per heavy atom. The van der Waals surface area contributed by atoms with Crippen LogP contribution in [0.3, 0.4) is 0 Å². The molecule has 0 unspecified atom stereocenters. The van der Waals surface area contributed by atoms with Gasteiger partial charge < -0.3 is 29.0 Å². The van der Waals surface area contributed by atoms with Crippen molar-refractivity contribution < 1.29 is 19.0 Å². The number of anilines is 2. The van der Waals surface area contributed by atoms with Gasteiger partial charge in [-0.3, -0.25) is 4.79 Å². The second-order valence-corrected chi connectivity index (χ2v) is 8.53. The molecule has 0 aliphatic carbocycles. The molecule has 1 aromatic heterocycles. The van der Waals surface area contributed by atoms with E-state index in [0.717, 1.165) is 40.7 Å². The minimum absolute atomic E-state index is 0.277. The number of halogens is 1. The highest BCUT2D eigenvalue weighted by atomic mass is 35.5. The van der Waals surface area contributed by atoms with Gasteiger partial charge in [-0.05, 0) is 48.5 Å². The van der Waals surface area contributed by atoms with Crippen molar-refractivity contribution in [2.24, 2.45) is 0 Å². The van der Waals surface area contributed by atoms with Gasteiger partial charge in [-0.15, -0.1) is 0 Å². The molecule has 0 bridgehead atoms. The Hall–Kier alpha value is -3.91. The molecule has 1 aliphatic heterocycles. The van der Waals surface area contributed by atoms with E-state index >= 15 is 0 Å². The number of fused-ring (bicyclic) bond motifs is 3. The Labute approximate surface area is 208 Å². The van der Waals surface area contributed by atoms with Crippen LogP contribution in [-0.4, -0.2) is 43.3 Å². The number of hydrogen-bond acceptors (Lipinski definition) is 6. The maximum Gasteiger partial charge on any atom is 0.255 e. The van der Waals surface area contributed by atoms with Crippen LogP contribution in [0.4, 0.5) is 11.4 Å². The molecule has 8 nitrogen and oxygen atoms in total. The lowest BCUT2D eigenvalue weighted by Gasteiger charge is -2.30. The molecule has 9 heteroatoms. The molecule has 0 spiro atoms. The fourth-order valence-electron chi connectivity index (χ4n) is 4.41. The van der Waals surface area contributed by atoms with Gasteiger partial charge in [0.05, 0.1) is 43.9 Å². The molecule has 0 saturated carbocycles. The number of benzene rings is 3. The smallest absolute Gasteiger partial charge is 0.255 e. The van der Waals surface area contributed by atoms with Crippen LogP contribution in [0.25, 0.3) is 11.0 Å². The van der Waals surface area contributed by atoms with E-state index in [9.17, 15) is 4.79 Å². The van der Waals surface area contributed by atoms with Crippen molar-refractivity contribution >= 4 is 39.9 Å². The number of ether oxygens (including phenoxy) is 3. The number of imidazole rings is 1. The van der Waals surface area contributed by atoms with E-state index in [0.29, 0.717) is 35.0 Å². The van der Waals surface area contributed by atoms with Gasteiger partial charge in [0.25, 0.3) is 5.91 Å². The zero-order valence-corrected chi connectivity index (χ0v) is 20.4. The quantitative estimate of drug-likeness (QED) is 0.408. The summed E-state index contributed by atoms with van der Waals surface area (Å²) in [5.41, 5.74) is 4.05. The fraction of sp³-hybridized carbons (Fsp3) is 0.231. The number of amides is 1. The molecule has 0 atom stereocenters. The molecular formula is C26H25ClN4O4. The van der Waals surface area contributed by atoms with E-state index in [1.807, 2.05) is 42.5 Å². The standard InChI is InChI=1S/C26H25ClN4O4/c1-33-21-13-16(14-22(34-2)25(21)35-3)26(32)28-17-7-9-18(10-8-17)30-11-12-31-23(15-30)29-20-6-4-5-19(27)24(20)31/h4-10,13-14H,11-12,15H2,1-3H3,(H,28,32). The Kier molecular flexibility index (Phi) is 6.13. The maximum absolute atomic E-state index is 12.9. The molecular weight excluding hydrogens is 468 g/mol. The lowest BCUT2D eigenvalue weighted by molar-refractivity contribution is 0.102. The molecule has 180 valence electrons. The molecule has 3 aromatic carbocycles. The number of rotatable bonds is 6. The number of nitrogens with one attached hydrogen (secondary N) is 1. The summed E-state index contributed by atoms with van der Waals surface area (Å²) < 4.78 is 18.2. The van der Waals surface area contributed by atoms with Gasteiger partial charge in [0.2, 0.25) is 5.75 Å². The number of hydrogen-bond donors (Lipinski definition) is 1. The van der Waals surface area contributed by atoms with Crippen molar-refractivity contribution in [1.82, 2.24) is 9.55 Å². The van der Waals surface area contributed by atoms with Crippen LogP contribution in [-0.2, 0) is 13.1 Å². The topological polar surface area (TPSA) is 77.9 Å². The van der Waals surface area contributed by atoms with Crippen molar-refractivity contribution in [2.75, 3.05) is 38.1 Å². The lowest BCUT2D eigenvalue weighted by Crippen LogP contribution is -2.33. The molecule has 4 aromatic rings. The van der Waals surface area contributed by atoms with Gasteiger partial charge in [0.15, 0.2) is 11.5 Å². The molecule has 2 heterocycles. The minimum atomic E-state index is -0.277. The molecule has 1 aliphatic rings. The summed E-state index contributed by atoms with van der Waals surface area (Å²) in [7, 11) is 4.55. The van der Waals surface area contributed by atoms with Gasteiger partial charge >= 0.3 is 0 Å². The van der Waals surface area contributed by atoms with Crippen LogP contribution in [0.5, 0.6) is 17.2 Å². The van der Waals surface area contributed by atoms with E-state index in [4.69, 9.17) is 30.8 Å². The molecule has 0 fully saturated rings. The summed E-state index contributed by atoms with van der Waals surface area (Å²) in [4.78, 5) is 19.9. The predicted molar refractivity (Wildman–Crippen MR) is 136 cm³/mol. The number of para-hydroxylation sites is 1. The van der Waals surface area contributed by atoms with Crippen LogP contribution in [0.1, 0.15) is 16.2 Å². The third-order valence-electron chi connectivity index (χ3n) is 6.14. The monoisotopic (exact) mass is 492 g/mol. The molecule has 1 N–H and O–H groups in total. The fourth-order valence-corrected chi connectivity index (χ4v) is 4.68. The minimum Gasteiger partial charge on any atom is -0.493 e. The Bertz CT molecular complexity index is 1380. The number of nitrogens with zero attached hydrogens (tertiary/aromatic N) is 3. The first kappa shape index (κ1) is 22.9. The molecule has 1 amide bonds. The first-order valence-corrected chi connectivity index (χ1v) is 11.5. The van der Waals surface area contributed by atoms with Crippen LogP contribution in [0.2, 0.25) is 5.02 Å². The van der Waals surface area contributed by atoms with E-state index in [1.165, 1.54) is 21.3 Å². The lowest BCUT2D eigenvalue weighted by atomic mass is 10.1.